The van der Waals surface area contributed by atoms with Gasteiger partial charge in [0.1, 0.15) is 0 Å². The highest BCUT2D eigenvalue weighted by molar-refractivity contribution is 6.30. The van der Waals surface area contributed by atoms with E-state index in [0.717, 1.165) is 35.8 Å². The fourth-order valence-electron chi connectivity index (χ4n) is 3.06. The number of nitrogens with one attached hydrogen (secondary N) is 1. The van der Waals surface area contributed by atoms with E-state index < -0.39 is 0 Å². The first kappa shape index (κ1) is 14.7. The van der Waals surface area contributed by atoms with Crippen molar-refractivity contribution in [3.05, 3.63) is 29.3 Å². The fraction of sp³-hybridized carbons (Fsp3) is 0.625. The second-order valence-electron chi connectivity index (χ2n) is 5.74. The molecule has 0 heterocycles. The number of benzene rings is 1. The van der Waals surface area contributed by atoms with Gasteiger partial charge in [-0.2, -0.15) is 0 Å². The van der Waals surface area contributed by atoms with Gasteiger partial charge in [0.2, 0.25) is 0 Å². The summed E-state index contributed by atoms with van der Waals surface area (Å²) in [5, 5.41) is 4.25. The number of likely N-dealkylation sites (N-methyl/N-ethyl adjacent to an activating group) is 1. The summed E-state index contributed by atoms with van der Waals surface area (Å²) in [6, 6.07) is 8.69. The molecule has 0 spiro atoms. The summed E-state index contributed by atoms with van der Waals surface area (Å²) in [5.74, 6) is 0.842. The minimum absolute atomic E-state index is 0.765. The molecule has 2 nitrogen and oxygen atoms in total. The molecule has 1 aliphatic carbocycles. The highest BCUT2D eigenvalue weighted by Gasteiger charge is 2.24. The van der Waals surface area contributed by atoms with Crippen molar-refractivity contribution in [2.24, 2.45) is 5.92 Å². The van der Waals surface area contributed by atoms with Crippen LogP contribution in [0.4, 0.5) is 5.69 Å². The number of hydrogen-bond donors (Lipinski definition) is 1. The monoisotopic (exact) mass is 280 g/mol. The van der Waals surface area contributed by atoms with Gasteiger partial charge in [0.05, 0.1) is 0 Å². The number of nitrogens with zero attached hydrogens (tertiary/aromatic N) is 1. The Morgan fingerprint density at radius 1 is 1.21 bits per heavy atom. The van der Waals surface area contributed by atoms with Gasteiger partial charge in [-0.15, -0.1) is 0 Å². The van der Waals surface area contributed by atoms with Crippen molar-refractivity contribution in [1.29, 1.82) is 0 Å². The van der Waals surface area contributed by atoms with E-state index in [-0.39, 0.29) is 0 Å². The molecule has 1 saturated carbocycles. The molecule has 0 saturated heterocycles. The summed E-state index contributed by atoms with van der Waals surface area (Å²) < 4.78 is 0. The van der Waals surface area contributed by atoms with E-state index in [0.29, 0.717) is 0 Å². The lowest BCUT2D eigenvalue weighted by atomic mass is 9.85. The third kappa shape index (κ3) is 4.39. The third-order valence-electron chi connectivity index (χ3n) is 4.27. The van der Waals surface area contributed by atoms with E-state index in [1.807, 2.05) is 24.3 Å². The molecule has 1 fully saturated rings. The molecule has 0 aliphatic heterocycles. The largest absolute Gasteiger partial charge is 0.384 e. The summed E-state index contributed by atoms with van der Waals surface area (Å²) in [6.07, 6.45) is 5.55. The highest BCUT2D eigenvalue weighted by Crippen LogP contribution is 2.27. The smallest absolute Gasteiger partial charge is 0.0407 e. The van der Waals surface area contributed by atoms with Crippen molar-refractivity contribution in [3.8, 4) is 0 Å². The molecule has 1 N–H and O–H groups in total. The normalized spacial score (nSPS) is 23.6. The molecule has 2 unspecified atom stereocenters. The molecule has 0 radical (unpaired) electrons. The molecule has 106 valence electrons. The molecule has 0 amide bonds. The van der Waals surface area contributed by atoms with E-state index in [2.05, 4.69) is 24.2 Å². The SMILES string of the molecule is CC1CCCCC1N(C)CCNc1ccc(Cl)cc1. The number of rotatable bonds is 5. The van der Waals surface area contributed by atoms with Crippen LogP contribution in [0.5, 0.6) is 0 Å². The van der Waals surface area contributed by atoms with E-state index >= 15 is 0 Å². The van der Waals surface area contributed by atoms with E-state index in [1.54, 1.807) is 0 Å². The lowest BCUT2D eigenvalue weighted by Gasteiger charge is -2.36. The van der Waals surface area contributed by atoms with Gasteiger partial charge in [-0.05, 0) is 50.1 Å². The van der Waals surface area contributed by atoms with Crippen molar-refractivity contribution in [3.63, 3.8) is 0 Å². The minimum Gasteiger partial charge on any atom is -0.384 e. The Labute approximate surface area is 122 Å². The number of hydrogen-bond acceptors (Lipinski definition) is 2. The molecule has 0 aromatic heterocycles. The molecule has 19 heavy (non-hydrogen) atoms. The van der Waals surface area contributed by atoms with Crippen molar-refractivity contribution in [1.82, 2.24) is 4.90 Å². The van der Waals surface area contributed by atoms with Gasteiger partial charge in [-0.3, -0.25) is 0 Å². The van der Waals surface area contributed by atoms with E-state index in [1.165, 1.54) is 25.7 Å². The molecular weight excluding hydrogens is 256 g/mol. The Morgan fingerprint density at radius 2 is 1.89 bits per heavy atom. The predicted molar refractivity (Wildman–Crippen MR) is 84.0 cm³/mol. The first-order valence-corrected chi connectivity index (χ1v) is 7.74. The van der Waals surface area contributed by atoms with Crippen LogP contribution in [-0.2, 0) is 0 Å². The van der Waals surface area contributed by atoms with Crippen LogP contribution in [-0.4, -0.2) is 31.1 Å². The van der Waals surface area contributed by atoms with Crippen LogP contribution in [0, 0.1) is 5.92 Å². The lowest BCUT2D eigenvalue weighted by Crippen LogP contribution is -2.41. The lowest BCUT2D eigenvalue weighted by molar-refractivity contribution is 0.144. The van der Waals surface area contributed by atoms with Gasteiger partial charge in [0, 0.05) is 29.8 Å². The van der Waals surface area contributed by atoms with Crippen LogP contribution >= 0.6 is 11.6 Å². The maximum atomic E-state index is 5.88. The Hall–Kier alpha value is -0.730. The zero-order chi connectivity index (χ0) is 13.7. The fourth-order valence-corrected chi connectivity index (χ4v) is 3.19. The van der Waals surface area contributed by atoms with Crippen molar-refractivity contribution in [2.75, 3.05) is 25.5 Å². The molecular formula is C16H25ClN2. The van der Waals surface area contributed by atoms with E-state index in [4.69, 9.17) is 11.6 Å². The summed E-state index contributed by atoms with van der Waals surface area (Å²) in [5.41, 5.74) is 1.15. The van der Waals surface area contributed by atoms with Crippen LogP contribution in [0.3, 0.4) is 0 Å². The summed E-state index contributed by atoms with van der Waals surface area (Å²) in [6.45, 7) is 4.48. The molecule has 1 aromatic carbocycles. The Balaban J connectivity index is 1.74. The standard InChI is InChI=1S/C16H25ClN2/c1-13-5-3-4-6-16(13)19(2)12-11-18-15-9-7-14(17)8-10-15/h7-10,13,16,18H,3-6,11-12H2,1-2H3. The van der Waals surface area contributed by atoms with Crippen LogP contribution in [0.25, 0.3) is 0 Å². The Kier molecular flexibility index (Phi) is 5.53. The average molecular weight is 281 g/mol. The molecule has 0 bridgehead atoms. The first-order chi connectivity index (χ1) is 9.16. The van der Waals surface area contributed by atoms with Gasteiger partial charge < -0.3 is 10.2 Å². The maximum Gasteiger partial charge on any atom is 0.0407 e. The predicted octanol–water partition coefficient (Wildman–Crippen LogP) is 4.26. The molecule has 2 rings (SSSR count). The quantitative estimate of drug-likeness (QED) is 0.867. The van der Waals surface area contributed by atoms with E-state index in [9.17, 15) is 0 Å². The summed E-state index contributed by atoms with van der Waals surface area (Å²) >= 11 is 5.88. The zero-order valence-electron chi connectivity index (χ0n) is 12.0. The van der Waals surface area contributed by atoms with Gasteiger partial charge in [-0.25, -0.2) is 0 Å². The van der Waals surface area contributed by atoms with Crippen LogP contribution in [0.2, 0.25) is 5.02 Å². The summed E-state index contributed by atoms with van der Waals surface area (Å²) in [7, 11) is 2.26. The Bertz CT molecular complexity index is 377. The second kappa shape index (κ2) is 7.16. The summed E-state index contributed by atoms with van der Waals surface area (Å²) in [4.78, 5) is 2.52. The van der Waals surface area contributed by atoms with Crippen molar-refractivity contribution < 1.29 is 0 Å². The minimum atomic E-state index is 0.765. The van der Waals surface area contributed by atoms with Crippen molar-refractivity contribution >= 4 is 17.3 Å². The molecule has 3 heteroatoms. The highest BCUT2D eigenvalue weighted by atomic mass is 35.5. The van der Waals surface area contributed by atoms with Gasteiger partial charge in [0.15, 0.2) is 0 Å². The van der Waals surface area contributed by atoms with Crippen LogP contribution < -0.4 is 5.32 Å². The third-order valence-corrected chi connectivity index (χ3v) is 4.52. The zero-order valence-corrected chi connectivity index (χ0v) is 12.8. The Morgan fingerprint density at radius 3 is 2.58 bits per heavy atom. The maximum absolute atomic E-state index is 5.88. The number of halogens is 1. The topological polar surface area (TPSA) is 15.3 Å². The first-order valence-electron chi connectivity index (χ1n) is 7.36. The molecule has 1 aliphatic rings. The average Bonchev–Trinajstić information content (AvgIpc) is 2.41. The van der Waals surface area contributed by atoms with Gasteiger partial charge in [0.25, 0.3) is 0 Å². The van der Waals surface area contributed by atoms with Crippen molar-refractivity contribution in [2.45, 2.75) is 38.6 Å². The van der Waals surface area contributed by atoms with Gasteiger partial charge >= 0.3 is 0 Å². The van der Waals surface area contributed by atoms with Crippen LogP contribution in [0.1, 0.15) is 32.6 Å². The van der Waals surface area contributed by atoms with Crippen LogP contribution in [0.15, 0.2) is 24.3 Å². The second-order valence-corrected chi connectivity index (χ2v) is 6.18. The van der Waals surface area contributed by atoms with Gasteiger partial charge in [-0.1, -0.05) is 31.4 Å². The molecule has 2 atom stereocenters. The number of anilines is 1. The molecule has 1 aromatic rings.